The maximum absolute atomic E-state index is 11.5. The van der Waals surface area contributed by atoms with E-state index in [9.17, 15) is 4.79 Å². The van der Waals surface area contributed by atoms with Gasteiger partial charge in [0.1, 0.15) is 5.75 Å². The van der Waals surface area contributed by atoms with Crippen molar-refractivity contribution in [3.63, 3.8) is 0 Å². The molecule has 0 heterocycles. The SMILES string of the molecule is C=C/C(=C\C=C/C)NC(=O)Oc1ccccc1. The van der Waals surface area contributed by atoms with Gasteiger partial charge in [0, 0.05) is 5.70 Å². The first-order valence-electron chi connectivity index (χ1n) is 5.25. The van der Waals surface area contributed by atoms with E-state index in [2.05, 4.69) is 11.9 Å². The Morgan fingerprint density at radius 2 is 2.06 bits per heavy atom. The molecule has 0 saturated carbocycles. The van der Waals surface area contributed by atoms with Gasteiger partial charge in [-0.2, -0.15) is 0 Å². The van der Waals surface area contributed by atoms with Crippen molar-refractivity contribution in [2.75, 3.05) is 0 Å². The van der Waals surface area contributed by atoms with E-state index in [1.54, 1.807) is 42.5 Å². The highest BCUT2D eigenvalue weighted by atomic mass is 16.6. The van der Waals surface area contributed by atoms with Crippen LogP contribution in [0.4, 0.5) is 4.79 Å². The van der Waals surface area contributed by atoms with Gasteiger partial charge in [0.25, 0.3) is 0 Å². The molecule has 0 aliphatic carbocycles. The fourth-order valence-electron chi connectivity index (χ4n) is 1.10. The van der Waals surface area contributed by atoms with Crippen LogP contribution < -0.4 is 10.1 Å². The van der Waals surface area contributed by atoms with Crippen LogP contribution in [-0.4, -0.2) is 6.09 Å². The topological polar surface area (TPSA) is 38.3 Å². The summed E-state index contributed by atoms with van der Waals surface area (Å²) in [5.74, 6) is 0.499. The summed E-state index contributed by atoms with van der Waals surface area (Å²) in [4.78, 5) is 11.5. The Hall–Kier alpha value is -2.29. The van der Waals surface area contributed by atoms with E-state index in [0.717, 1.165) is 0 Å². The molecule has 0 unspecified atom stereocenters. The van der Waals surface area contributed by atoms with Gasteiger partial charge in [-0.3, -0.25) is 5.32 Å². The second kappa shape index (κ2) is 7.06. The zero-order valence-electron chi connectivity index (χ0n) is 9.72. The molecular formula is C14H15NO2. The van der Waals surface area contributed by atoms with Gasteiger partial charge >= 0.3 is 6.09 Å². The molecule has 17 heavy (non-hydrogen) atoms. The van der Waals surface area contributed by atoms with Crippen molar-refractivity contribution in [3.8, 4) is 5.75 Å². The minimum atomic E-state index is -0.535. The van der Waals surface area contributed by atoms with Crippen LogP contribution in [0.3, 0.4) is 0 Å². The van der Waals surface area contributed by atoms with Crippen molar-refractivity contribution in [1.82, 2.24) is 5.32 Å². The number of ether oxygens (including phenoxy) is 1. The fourth-order valence-corrected chi connectivity index (χ4v) is 1.10. The van der Waals surface area contributed by atoms with Gasteiger partial charge in [-0.15, -0.1) is 0 Å². The van der Waals surface area contributed by atoms with Crippen LogP contribution in [0.2, 0.25) is 0 Å². The normalized spacial score (nSPS) is 11.2. The average molecular weight is 229 g/mol. The average Bonchev–Trinajstić information content (AvgIpc) is 2.35. The first kappa shape index (κ1) is 12.8. The number of carbonyl (C=O) groups excluding carboxylic acids is 1. The first-order valence-corrected chi connectivity index (χ1v) is 5.25. The molecule has 1 rings (SSSR count). The molecule has 0 atom stereocenters. The molecule has 0 aliphatic rings. The summed E-state index contributed by atoms with van der Waals surface area (Å²) in [5, 5.41) is 2.58. The third-order valence-corrected chi connectivity index (χ3v) is 1.89. The number of rotatable bonds is 4. The molecule has 88 valence electrons. The highest BCUT2D eigenvalue weighted by Gasteiger charge is 2.03. The molecule has 0 aliphatic heterocycles. The van der Waals surface area contributed by atoms with Gasteiger partial charge in [-0.1, -0.05) is 36.9 Å². The molecule has 0 spiro atoms. The van der Waals surface area contributed by atoms with E-state index >= 15 is 0 Å². The summed E-state index contributed by atoms with van der Waals surface area (Å²) in [7, 11) is 0. The van der Waals surface area contributed by atoms with Crippen LogP contribution >= 0.6 is 0 Å². The molecule has 0 saturated heterocycles. The second-order valence-electron chi connectivity index (χ2n) is 3.18. The summed E-state index contributed by atoms with van der Waals surface area (Å²) in [6, 6.07) is 8.87. The van der Waals surface area contributed by atoms with E-state index in [4.69, 9.17) is 4.74 Å². The van der Waals surface area contributed by atoms with E-state index in [-0.39, 0.29) is 0 Å². The van der Waals surface area contributed by atoms with E-state index in [0.29, 0.717) is 11.4 Å². The van der Waals surface area contributed by atoms with Crippen molar-refractivity contribution in [2.24, 2.45) is 0 Å². The summed E-state index contributed by atoms with van der Waals surface area (Å²) < 4.78 is 5.06. The maximum atomic E-state index is 11.5. The Morgan fingerprint density at radius 3 is 2.65 bits per heavy atom. The molecule has 3 heteroatoms. The van der Waals surface area contributed by atoms with Gasteiger partial charge in [0.05, 0.1) is 0 Å². The Kier molecular flexibility index (Phi) is 5.31. The van der Waals surface area contributed by atoms with Crippen molar-refractivity contribution < 1.29 is 9.53 Å². The lowest BCUT2D eigenvalue weighted by Crippen LogP contribution is -2.25. The number of amides is 1. The second-order valence-corrected chi connectivity index (χ2v) is 3.18. The van der Waals surface area contributed by atoms with Crippen molar-refractivity contribution >= 4 is 6.09 Å². The Morgan fingerprint density at radius 1 is 1.35 bits per heavy atom. The Bertz CT molecular complexity index is 433. The van der Waals surface area contributed by atoms with Crippen LogP contribution in [-0.2, 0) is 0 Å². The number of nitrogens with one attached hydrogen (secondary N) is 1. The fraction of sp³-hybridized carbons (Fsp3) is 0.0714. The molecule has 0 radical (unpaired) electrons. The molecule has 3 nitrogen and oxygen atoms in total. The largest absolute Gasteiger partial charge is 0.417 e. The summed E-state index contributed by atoms with van der Waals surface area (Å²) in [5.41, 5.74) is 0.587. The monoisotopic (exact) mass is 229 g/mol. The minimum absolute atomic E-state index is 0.499. The predicted octanol–water partition coefficient (Wildman–Crippen LogP) is 3.42. The van der Waals surface area contributed by atoms with Crippen LogP contribution in [0, 0.1) is 0 Å². The molecule has 0 bridgehead atoms. The highest BCUT2D eigenvalue weighted by molar-refractivity contribution is 5.73. The zero-order valence-corrected chi connectivity index (χ0v) is 9.72. The zero-order chi connectivity index (χ0) is 12.5. The van der Waals surface area contributed by atoms with Crippen LogP contribution in [0.15, 0.2) is 66.9 Å². The van der Waals surface area contributed by atoms with Crippen molar-refractivity contribution in [3.05, 3.63) is 66.9 Å². The van der Waals surface area contributed by atoms with Gasteiger partial charge in [0.15, 0.2) is 0 Å². The summed E-state index contributed by atoms with van der Waals surface area (Å²) >= 11 is 0. The minimum Gasteiger partial charge on any atom is -0.410 e. The maximum Gasteiger partial charge on any atom is 0.417 e. The third-order valence-electron chi connectivity index (χ3n) is 1.89. The van der Waals surface area contributed by atoms with Gasteiger partial charge < -0.3 is 4.74 Å². The number of benzene rings is 1. The number of allylic oxidation sites excluding steroid dienone is 4. The van der Waals surface area contributed by atoms with Crippen LogP contribution in [0.1, 0.15) is 6.92 Å². The lowest BCUT2D eigenvalue weighted by atomic mass is 10.3. The quantitative estimate of drug-likeness (QED) is 0.803. The smallest absolute Gasteiger partial charge is 0.410 e. The van der Waals surface area contributed by atoms with Crippen molar-refractivity contribution in [1.29, 1.82) is 0 Å². The lowest BCUT2D eigenvalue weighted by molar-refractivity contribution is 0.204. The molecule has 1 aromatic carbocycles. The molecule has 1 amide bonds. The first-order chi connectivity index (χ1) is 8.26. The standard InChI is InChI=1S/C14H15NO2/c1-3-5-9-12(4-2)15-14(16)17-13-10-7-6-8-11-13/h3-11H,2H2,1H3,(H,15,16)/b5-3-,12-9+. The predicted molar refractivity (Wildman–Crippen MR) is 68.7 cm³/mol. The van der Waals surface area contributed by atoms with E-state index in [1.807, 2.05) is 19.1 Å². The number of carbonyl (C=O) groups is 1. The molecule has 1 N–H and O–H groups in total. The lowest BCUT2D eigenvalue weighted by Gasteiger charge is -2.06. The molecular weight excluding hydrogens is 214 g/mol. The number of hydrogen-bond acceptors (Lipinski definition) is 2. The van der Waals surface area contributed by atoms with Gasteiger partial charge in [-0.05, 0) is 31.2 Å². The molecule has 1 aromatic rings. The van der Waals surface area contributed by atoms with Gasteiger partial charge in [0.2, 0.25) is 0 Å². The Balaban J connectivity index is 2.57. The molecule has 0 aromatic heterocycles. The van der Waals surface area contributed by atoms with Gasteiger partial charge in [-0.25, -0.2) is 4.79 Å². The third kappa shape index (κ3) is 4.84. The Labute approximate surface area is 101 Å². The van der Waals surface area contributed by atoms with E-state index < -0.39 is 6.09 Å². The van der Waals surface area contributed by atoms with Crippen molar-refractivity contribution in [2.45, 2.75) is 6.92 Å². The van der Waals surface area contributed by atoms with Crippen LogP contribution in [0.5, 0.6) is 5.75 Å². The van der Waals surface area contributed by atoms with E-state index in [1.165, 1.54) is 0 Å². The highest BCUT2D eigenvalue weighted by Crippen LogP contribution is 2.08. The molecule has 0 fully saturated rings. The summed E-state index contributed by atoms with van der Waals surface area (Å²) in [6.45, 7) is 5.49. The van der Waals surface area contributed by atoms with Crippen LogP contribution in [0.25, 0.3) is 0 Å². The number of hydrogen-bond donors (Lipinski definition) is 1. The number of para-hydroxylation sites is 1. The summed E-state index contributed by atoms with van der Waals surface area (Å²) in [6.07, 6.45) is 6.41.